The monoisotopic (exact) mass is 328 g/mol. The zero-order valence-electron chi connectivity index (χ0n) is 12.9. The smallest absolute Gasteiger partial charge is 0.228 e. The number of carbonyl (C=O) groups excluding carboxylic acids is 1. The van der Waals surface area contributed by atoms with Gasteiger partial charge in [-0.15, -0.1) is 0 Å². The molecule has 0 saturated heterocycles. The van der Waals surface area contributed by atoms with Crippen LogP contribution in [0.5, 0.6) is 5.75 Å². The molecule has 0 spiro atoms. The third-order valence-corrected chi connectivity index (χ3v) is 3.43. The second-order valence-corrected chi connectivity index (χ2v) is 7.02. The summed E-state index contributed by atoms with van der Waals surface area (Å²) >= 11 is 11.1. The van der Waals surface area contributed by atoms with Crippen molar-refractivity contribution in [1.29, 1.82) is 0 Å². The fraction of sp³-hybridized carbons (Fsp3) is 0.467. The van der Waals surface area contributed by atoms with Gasteiger partial charge in [-0.05, 0) is 35.3 Å². The zero-order chi connectivity index (χ0) is 16.4. The highest BCUT2D eigenvalue weighted by molar-refractivity contribution is 7.80. The highest BCUT2D eigenvalue weighted by Crippen LogP contribution is 2.37. The standard InChI is InChI=1S/C15H21ClN2O2S/c1-8(2)13(20)18-14(21)17-11-7-9(15(3,4)5)6-10(16)12(11)19/h6-8,19H,1-5H3,(H2,17,18,20,21). The summed E-state index contributed by atoms with van der Waals surface area (Å²) in [5.74, 6) is -0.460. The number of aromatic hydroxyl groups is 1. The van der Waals surface area contributed by atoms with E-state index >= 15 is 0 Å². The van der Waals surface area contributed by atoms with Crippen LogP contribution in [0.15, 0.2) is 12.1 Å². The molecular weight excluding hydrogens is 308 g/mol. The van der Waals surface area contributed by atoms with Gasteiger partial charge >= 0.3 is 0 Å². The van der Waals surface area contributed by atoms with Crippen LogP contribution in [0, 0.1) is 5.92 Å². The Morgan fingerprint density at radius 3 is 2.38 bits per heavy atom. The third-order valence-electron chi connectivity index (χ3n) is 2.94. The Kier molecular flexibility index (Phi) is 5.59. The average Bonchev–Trinajstić information content (AvgIpc) is 2.33. The maximum Gasteiger partial charge on any atom is 0.228 e. The summed E-state index contributed by atoms with van der Waals surface area (Å²) < 4.78 is 0. The highest BCUT2D eigenvalue weighted by atomic mass is 35.5. The maximum absolute atomic E-state index is 11.6. The number of phenolic OH excluding ortho intramolecular Hbond substituents is 1. The Hall–Kier alpha value is -1.33. The summed E-state index contributed by atoms with van der Waals surface area (Å²) in [5.41, 5.74) is 1.20. The second-order valence-electron chi connectivity index (χ2n) is 6.20. The number of nitrogens with one attached hydrogen (secondary N) is 2. The van der Waals surface area contributed by atoms with Crippen molar-refractivity contribution < 1.29 is 9.90 Å². The lowest BCUT2D eigenvalue weighted by Crippen LogP contribution is -2.36. The lowest BCUT2D eigenvalue weighted by atomic mass is 9.87. The fourth-order valence-electron chi connectivity index (χ4n) is 1.54. The van der Waals surface area contributed by atoms with Crippen molar-refractivity contribution in [1.82, 2.24) is 5.32 Å². The Morgan fingerprint density at radius 1 is 1.33 bits per heavy atom. The number of rotatable bonds is 2. The molecule has 3 N–H and O–H groups in total. The molecule has 0 bridgehead atoms. The van der Waals surface area contributed by atoms with Gasteiger partial charge in [0.2, 0.25) is 5.91 Å². The predicted octanol–water partition coefficient (Wildman–Crippen LogP) is 3.81. The number of anilines is 1. The van der Waals surface area contributed by atoms with Crippen molar-refractivity contribution in [3.05, 3.63) is 22.7 Å². The van der Waals surface area contributed by atoms with Crippen molar-refractivity contribution in [2.24, 2.45) is 5.92 Å². The molecule has 0 heterocycles. The van der Waals surface area contributed by atoms with Crippen LogP contribution in [0.2, 0.25) is 5.02 Å². The first kappa shape index (κ1) is 17.7. The van der Waals surface area contributed by atoms with E-state index in [1.165, 1.54) is 0 Å². The number of benzene rings is 1. The molecule has 0 aliphatic heterocycles. The summed E-state index contributed by atoms with van der Waals surface area (Å²) in [6, 6.07) is 3.49. The van der Waals surface area contributed by atoms with Gasteiger partial charge in [0.15, 0.2) is 10.9 Å². The van der Waals surface area contributed by atoms with Gasteiger partial charge in [0.25, 0.3) is 0 Å². The van der Waals surface area contributed by atoms with Crippen LogP contribution in [0.4, 0.5) is 5.69 Å². The highest BCUT2D eigenvalue weighted by Gasteiger charge is 2.19. The molecule has 0 aliphatic carbocycles. The maximum atomic E-state index is 11.6. The molecule has 0 aliphatic rings. The minimum absolute atomic E-state index is 0.0918. The third kappa shape index (κ3) is 4.86. The topological polar surface area (TPSA) is 61.4 Å². The Balaban J connectivity index is 3.00. The summed E-state index contributed by atoms with van der Waals surface area (Å²) in [4.78, 5) is 11.6. The van der Waals surface area contributed by atoms with Gasteiger partial charge in [0.05, 0.1) is 10.7 Å². The Bertz CT molecular complexity index is 566. The van der Waals surface area contributed by atoms with Gasteiger partial charge in [0, 0.05) is 5.92 Å². The van der Waals surface area contributed by atoms with E-state index in [0.717, 1.165) is 5.56 Å². The molecular formula is C15H21ClN2O2S. The Labute approximate surface area is 135 Å². The minimum Gasteiger partial charge on any atom is -0.504 e. The van der Waals surface area contributed by atoms with Gasteiger partial charge < -0.3 is 15.7 Å². The zero-order valence-corrected chi connectivity index (χ0v) is 14.4. The lowest BCUT2D eigenvalue weighted by Gasteiger charge is -2.22. The van der Waals surface area contributed by atoms with Crippen molar-refractivity contribution in [3.8, 4) is 5.75 Å². The van der Waals surface area contributed by atoms with Crippen molar-refractivity contribution >= 4 is 40.5 Å². The number of carbonyl (C=O) groups is 1. The molecule has 0 radical (unpaired) electrons. The van der Waals surface area contributed by atoms with Crippen LogP contribution in [0.25, 0.3) is 0 Å². The first-order valence-electron chi connectivity index (χ1n) is 6.67. The van der Waals surface area contributed by atoms with Crippen molar-refractivity contribution in [2.45, 2.75) is 40.0 Å². The molecule has 0 unspecified atom stereocenters. The molecule has 0 fully saturated rings. The van der Waals surface area contributed by atoms with E-state index in [4.69, 9.17) is 23.8 Å². The number of thiocarbonyl (C=S) groups is 1. The molecule has 1 aromatic carbocycles. The Morgan fingerprint density at radius 2 is 1.90 bits per heavy atom. The molecule has 0 saturated carbocycles. The predicted molar refractivity (Wildman–Crippen MR) is 91.0 cm³/mol. The van der Waals surface area contributed by atoms with Gasteiger partial charge in [-0.1, -0.05) is 46.2 Å². The van der Waals surface area contributed by atoms with E-state index < -0.39 is 0 Å². The molecule has 116 valence electrons. The second kappa shape index (κ2) is 6.62. The SMILES string of the molecule is CC(C)C(=O)NC(=S)Nc1cc(C(C)(C)C)cc(Cl)c1O. The molecule has 6 heteroatoms. The summed E-state index contributed by atoms with van der Waals surface area (Å²) in [7, 11) is 0. The fourth-order valence-corrected chi connectivity index (χ4v) is 1.97. The van der Waals surface area contributed by atoms with Crippen LogP contribution < -0.4 is 10.6 Å². The van der Waals surface area contributed by atoms with Crippen LogP contribution >= 0.6 is 23.8 Å². The molecule has 1 amide bonds. The number of hydrogen-bond donors (Lipinski definition) is 3. The number of halogens is 1. The van der Waals surface area contributed by atoms with Crippen LogP contribution in [-0.4, -0.2) is 16.1 Å². The van der Waals surface area contributed by atoms with Gasteiger partial charge in [-0.25, -0.2) is 0 Å². The molecule has 1 aromatic rings. The molecule has 21 heavy (non-hydrogen) atoms. The molecule has 0 aromatic heterocycles. The van der Waals surface area contributed by atoms with Crippen LogP contribution in [-0.2, 0) is 10.2 Å². The first-order chi connectivity index (χ1) is 9.52. The van der Waals surface area contributed by atoms with Crippen molar-refractivity contribution in [2.75, 3.05) is 5.32 Å². The van der Waals surface area contributed by atoms with Gasteiger partial charge in [-0.2, -0.15) is 0 Å². The average molecular weight is 329 g/mol. The molecule has 0 atom stereocenters. The number of hydrogen-bond acceptors (Lipinski definition) is 3. The largest absolute Gasteiger partial charge is 0.504 e. The first-order valence-corrected chi connectivity index (χ1v) is 7.46. The van der Waals surface area contributed by atoms with Gasteiger partial charge in [0.1, 0.15) is 0 Å². The minimum atomic E-state index is -0.190. The van der Waals surface area contributed by atoms with Crippen LogP contribution in [0.1, 0.15) is 40.2 Å². The summed E-state index contributed by atoms with van der Waals surface area (Å²) in [5, 5.41) is 15.8. The van der Waals surface area contributed by atoms with E-state index in [0.29, 0.717) is 5.69 Å². The number of phenols is 1. The lowest BCUT2D eigenvalue weighted by molar-refractivity contribution is -0.122. The quantitative estimate of drug-likeness (QED) is 0.570. The molecule has 4 nitrogen and oxygen atoms in total. The van der Waals surface area contributed by atoms with E-state index in [9.17, 15) is 9.90 Å². The van der Waals surface area contributed by atoms with E-state index in [-0.39, 0.29) is 33.1 Å². The van der Waals surface area contributed by atoms with Crippen molar-refractivity contribution in [3.63, 3.8) is 0 Å². The van der Waals surface area contributed by atoms with E-state index in [1.807, 2.05) is 20.8 Å². The summed E-state index contributed by atoms with van der Waals surface area (Å²) in [6.45, 7) is 9.66. The number of amides is 1. The van der Waals surface area contributed by atoms with Crippen LogP contribution in [0.3, 0.4) is 0 Å². The summed E-state index contributed by atoms with van der Waals surface area (Å²) in [6.07, 6.45) is 0. The van der Waals surface area contributed by atoms with Gasteiger partial charge in [-0.3, -0.25) is 4.79 Å². The van der Waals surface area contributed by atoms with E-state index in [2.05, 4.69) is 10.6 Å². The normalized spacial score (nSPS) is 11.4. The molecule has 1 rings (SSSR count). The van der Waals surface area contributed by atoms with E-state index in [1.54, 1.807) is 26.0 Å².